The molecule has 0 saturated carbocycles. The van der Waals surface area contributed by atoms with Crippen molar-refractivity contribution in [3.05, 3.63) is 23.8 Å². The summed E-state index contributed by atoms with van der Waals surface area (Å²) >= 11 is 0. The van der Waals surface area contributed by atoms with Gasteiger partial charge in [-0.3, -0.25) is 0 Å². The van der Waals surface area contributed by atoms with Gasteiger partial charge in [-0.05, 0) is 25.5 Å². The first kappa shape index (κ1) is 8.10. The standard InChI is InChI=1S/C10H13N3/c1-3-13-10(11)8-6-4-5-7(2)9(8)12-13/h4-6H,3,11H2,1-2H3. The summed E-state index contributed by atoms with van der Waals surface area (Å²) in [5.74, 6) is 0.765. The lowest BCUT2D eigenvalue weighted by Crippen LogP contribution is -2.01. The molecular formula is C10H13N3. The molecule has 1 heterocycles. The molecule has 0 aliphatic heterocycles. The lowest BCUT2D eigenvalue weighted by molar-refractivity contribution is 0.677. The number of nitrogens with zero attached hydrogens (tertiary/aromatic N) is 2. The van der Waals surface area contributed by atoms with E-state index in [1.807, 2.05) is 23.7 Å². The first-order valence-corrected chi connectivity index (χ1v) is 4.45. The smallest absolute Gasteiger partial charge is 0.129 e. The number of rotatable bonds is 1. The second-order valence-electron chi connectivity index (χ2n) is 3.17. The predicted octanol–water partition coefficient (Wildman–Crippen LogP) is 1.95. The maximum Gasteiger partial charge on any atom is 0.129 e. The van der Waals surface area contributed by atoms with Crippen LogP contribution in [0.4, 0.5) is 5.82 Å². The first-order chi connectivity index (χ1) is 6.24. The maximum atomic E-state index is 5.92. The van der Waals surface area contributed by atoms with E-state index in [2.05, 4.69) is 18.1 Å². The Morgan fingerprint density at radius 1 is 1.46 bits per heavy atom. The zero-order valence-electron chi connectivity index (χ0n) is 7.91. The van der Waals surface area contributed by atoms with Crippen LogP contribution in [0.3, 0.4) is 0 Å². The number of fused-ring (bicyclic) bond motifs is 1. The fourth-order valence-corrected chi connectivity index (χ4v) is 1.55. The van der Waals surface area contributed by atoms with Crippen molar-refractivity contribution >= 4 is 16.7 Å². The Bertz CT molecular complexity index is 443. The summed E-state index contributed by atoms with van der Waals surface area (Å²) in [7, 11) is 0. The molecule has 0 unspecified atom stereocenters. The summed E-state index contributed by atoms with van der Waals surface area (Å²) in [6.45, 7) is 4.91. The summed E-state index contributed by atoms with van der Waals surface area (Å²) in [4.78, 5) is 0. The molecule has 13 heavy (non-hydrogen) atoms. The van der Waals surface area contributed by atoms with Crippen molar-refractivity contribution in [2.24, 2.45) is 0 Å². The van der Waals surface area contributed by atoms with Crippen LogP contribution in [-0.4, -0.2) is 9.78 Å². The van der Waals surface area contributed by atoms with E-state index in [-0.39, 0.29) is 0 Å². The van der Waals surface area contributed by atoms with Crippen LogP contribution in [0, 0.1) is 6.92 Å². The van der Waals surface area contributed by atoms with Gasteiger partial charge in [0.05, 0.1) is 5.52 Å². The van der Waals surface area contributed by atoms with Crippen molar-refractivity contribution in [1.29, 1.82) is 0 Å². The summed E-state index contributed by atoms with van der Waals surface area (Å²) in [5, 5.41) is 5.48. The van der Waals surface area contributed by atoms with Crippen molar-refractivity contribution < 1.29 is 0 Å². The second kappa shape index (κ2) is 2.76. The predicted molar refractivity (Wildman–Crippen MR) is 54.6 cm³/mol. The maximum absolute atomic E-state index is 5.92. The largest absolute Gasteiger partial charge is 0.383 e. The van der Waals surface area contributed by atoms with E-state index >= 15 is 0 Å². The van der Waals surface area contributed by atoms with E-state index in [0.717, 1.165) is 23.3 Å². The van der Waals surface area contributed by atoms with E-state index in [1.165, 1.54) is 5.56 Å². The van der Waals surface area contributed by atoms with Crippen molar-refractivity contribution in [2.75, 3.05) is 5.73 Å². The van der Waals surface area contributed by atoms with Gasteiger partial charge in [0.1, 0.15) is 5.82 Å². The normalized spacial score (nSPS) is 10.9. The number of hydrogen-bond donors (Lipinski definition) is 1. The highest BCUT2D eigenvalue weighted by molar-refractivity contribution is 5.90. The molecule has 0 saturated heterocycles. The Hall–Kier alpha value is -1.51. The minimum Gasteiger partial charge on any atom is -0.383 e. The average molecular weight is 175 g/mol. The zero-order chi connectivity index (χ0) is 9.42. The minimum absolute atomic E-state index is 0.765. The number of anilines is 1. The quantitative estimate of drug-likeness (QED) is 0.719. The first-order valence-electron chi connectivity index (χ1n) is 4.45. The highest BCUT2D eigenvalue weighted by Gasteiger charge is 2.07. The summed E-state index contributed by atoms with van der Waals surface area (Å²) in [6.07, 6.45) is 0. The molecule has 68 valence electrons. The molecule has 0 aliphatic carbocycles. The van der Waals surface area contributed by atoms with E-state index in [0.29, 0.717) is 0 Å². The molecule has 0 amide bonds. The van der Waals surface area contributed by atoms with Crippen LogP contribution in [0.5, 0.6) is 0 Å². The van der Waals surface area contributed by atoms with E-state index in [9.17, 15) is 0 Å². The molecule has 1 aromatic heterocycles. The van der Waals surface area contributed by atoms with Gasteiger partial charge in [0.25, 0.3) is 0 Å². The van der Waals surface area contributed by atoms with Crippen molar-refractivity contribution in [2.45, 2.75) is 20.4 Å². The molecule has 2 N–H and O–H groups in total. The minimum atomic E-state index is 0.765. The molecule has 2 rings (SSSR count). The molecule has 3 heteroatoms. The topological polar surface area (TPSA) is 43.8 Å². The second-order valence-corrected chi connectivity index (χ2v) is 3.17. The number of benzene rings is 1. The number of aromatic nitrogens is 2. The van der Waals surface area contributed by atoms with Crippen molar-refractivity contribution in [3.8, 4) is 0 Å². The van der Waals surface area contributed by atoms with E-state index in [1.54, 1.807) is 0 Å². The average Bonchev–Trinajstić information content (AvgIpc) is 2.45. The molecule has 0 atom stereocenters. The van der Waals surface area contributed by atoms with Crippen molar-refractivity contribution in [3.63, 3.8) is 0 Å². The monoisotopic (exact) mass is 175 g/mol. The summed E-state index contributed by atoms with van der Waals surface area (Å²) in [5.41, 5.74) is 8.11. The molecule has 3 nitrogen and oxygen atoms in total. The van der Waals surface area contributed by atoms with Gasteiger partial charge in [-0.25, -0.2) is 4.68 Å². The molecule has 0 bridgehead atoms. The van der Waals surface area contributed by atoms with Gasteiger partial charge in [-0.15, -0.1) is 0 Å². The van der Waals surface area contributed by atoms with Gasteiger partial charge in [0, 0.05) is 11.9 Å². The van der Waals surface area contributed by atoms with Crippen LogP contribution in [0.15, 0.2) is 18.2 Å². The van der Waals surface area contributed by atoms with Crippen LogP contribution in [-0.2, 0) is 6.54 Å². The number of nitrogens with two attached hydrogens (primary N) is 1. The Labute approximate surface area is 77.2 Å². The van der Waals surface area contributed by atoms with Crippen LogP contribution in [0.2, 0.25) is 0 Å². The SMILES string of the molecule is CCn1nc2c(C)cccc2c1N. The number of hydrogen-bond acceptors (Lipinski definition) is 2. The lowest BCUT2D eigenvalue weighted by atomic mass is 10.2. The fraction of sp³-hybridized carbons (Fsp3) is 0.300. The van der Waals surface area contributed by atoms with Gasteiger partial charge in [0.15, 0.2) is 0 Å². The third-order valence-electron chi connectivity index (χ3n) is 2.31. The van der Waals surface area contributed by atoms with Crippen LogP contribution in [0.1, 0.15) is 12.5 Å². The van der Waals surface area contributed by atoms with Gasteiger partial charge in [-0.2, -0.15) is 5.10 Å². The Balaban J connectivity index is 2.83. The highest BCUT2D eigenvalue weighted by Crippen LogP contribution is 2.22. The van der Waals surface area contributed by atoms with Gasteiger partial charge >= 0.3 is 0 Å². The lowest BCUT2D eigenvalue weighted by Gasteiger charge is -1.96. The highest BCUT2D eigenvalue weighted by atomic mass is 15.3. The third-order valence-corrected chi connectivity index (χ3v) is 2.31. The Kier molecular flexibility index (Phi) is 1.72. The van der Waals surface area contributed by atoms with Gasteiger partial charge in [0.2, 0.25) is 0 Å². The molecule has 0 radical (unpaired) electrons. The Morgan fingerprint density at radius 3 is 2.85 bits per heavy atom. The van der Waals surface area contributed by atoms with Gasteiger partial charge in [-0.1, -0.05) is 12.1 Å². The van der Waals surface area contributed by atoms with Crippen molar-refractivity contribution in [1.82, 2.24) is 9.78 Å². The molecule has 1 aromatic carbocycles. The number of nitrogen functional groups attached to an aromatic ring is 1. The third kappa shape index (κ3) is 1.08. The van der Waals surface area contributed by atoms with Crippen LogP contribution >= 0.6 is 0 Å². The summed E-state index contributed by atoms with van der Waals surface area (Å²) < 4.78 is 1.83. The van der Waals surface area contributed by atoms with E-state index < -0.39 is 0 Å². The fourth-order valence-electron chi connectivity index (χ4n) is 1.55. The molecule has 0 fully saturated rings. The zero-order valence-corrected chi connectivity index (χ0v) is 7.91. The molecule has 2 aromatic rings. The Morgan fingerprint density at radius 2 is 2.23 bits per heavy atom. The van der Waals surface area contributed by atoms with Crippen LogP contribution in [0.25, 0.3) is 10.9 Å². The molecular weight excluding hydrogens is 162 g/mol. The van der Waals surface area contributed by atoms with E-state index in [4.69, 9.17) is 5.73 Å². The molecule has 0 spiro atoms. The van der Waals surface area contributed by atoms with Crippen LogP contribution < -0.4 is 5.73 Å². The van der Waals surface area contributed by atoms with Gasteiger partial charge < -0.3 is 5.73 Å². The molecule has 0 aliphatic rings. The number of aryl methyl sites for hydroxylation is 2. The summed E-state index contributed by atoms with van der Waals surface area (Å²) in [6, 6.07) is 6.07.